The van der Waals surface area contributed by atoms with Crippen LogP contribution in [0.3, 0.4) is 0 Å². The number of benzene rings is 4. The summed E-state index contributed by atoms with van der Waals surface area (Å²) in [6, 6.07) is 34.7. The predicted molar refractivity (Wildman–Crippen MR) is 141 cm³/mol. The zero-order chi connectivity index (χ0) is 21.6. The monoisotopic (exact) mass is 454 g/mol. The summed E-state index contributed by atoms with van der Waals surface area (Å²) < 4.78 is 0. The van der Waals surface area contributed by atoms with Crippen LogP contribution < -0.4 is 10.6 Å². The predicted octanol–water partition coefficient (Wildman–Crippen LogP) is 7.78. The average molecular weight is 455 g/mol. The van der Waals surface area contributed by atoms with Crippen molar-refractivity contribution in [3.8, 4) is 11.1 Å². The topological polar surface area (TPSA) is 24.1 Å². The van der Waals surface area contributed by atoms with Gasteiger partial charge in [0.05, 0.1) is 0 Å². The Kier molecular flexibility index (Phi) is 6.71. The molecule has 2 N–H and O–H groups in total. The van der Waals surface area contributed by atoms with Gasteiger partial charge in [-0.05, 0) is 35.4 Å². The van der Waals surface area contributed by atoms with Gasteiger partial charge in [-0.15, -0.1) is 23.5 Å². The van der Waals surface area contributed by atoms with Gasteiger partial charge in [0.2, 0.25) is 0 Å². The lowest BCUT2D eigenvalue weighted by atomic mass is 10.0. The zero-order valence-electron chi connectivity index (χ0n) is 17.9. The van der Waals surface area contributed by atoms with Crippen LogP contribution in [0.15, 0.2) is 107 Å². The van der Waals surface area contributed by atoms with Crippen molar-refractivity contribution in [1.29, 1.82) is 0 Å². The maximum atomic E-state index is 3.71. The van der Waals surface area contributed by atoms with Gasteiger partial charge < -0.3 is 10.6 Å². The highest BCUT2D eigenvalue weighted by molar-refractivity contribution is 8.03. The van der Waals surface area contributed by atoms with Crippen LogP contribution in [0.25, 0.3) is 11.1 Å². The third kappa shape index (κ3) is 4.82. The van der Waals surface area contributed by atoms with Gasteiger partial charge in [0, 0.05) is 56.9 Å². The lowest BCUT2D eigenvalue weighted by molar-refractivity contribution is 1.09. The van der Waals surface area contributed by atoms with Crippen molar-refractivity contribution in [2.24, 2.45) is 0 Å². The standard InChI is InChI=1S/C28H26N2S2/c1-7-15-27-21(9-1)19-29-25-13-5-3-11-23(25)24-12-4-6-14-26(24)30-20-22-10-2-8-16-28(22)32-18-17-31-27/h1-16,29-30H,17-20H2. The average Bonchev–Trinajstić information content (AvgIpc) is 2.85. The summed E-state index contributed by atoms with van der Waals surface area (Å²) in [5.41, 5.74) is 7.44. The summed E-state index contributed by atoms with van der Waals surface area (Å²) in [6.07, 6.45) is 0. The lowest BCUT2D eigenvalue weighted by Crippen LogP contribution is -2.05. The molecule has 0 saturated heterocycles. The van der Waals surface area contributed by atoms with Crippen molar-refractivity contribution in [2.75, 3.05) is 22.1 Å². The van der Waals surface area contributed by atoms with Gasteiger partial charge in [0.15, 0.2) is 0 Å². The second kappa shape index (κ2) is 10.2. The van der Waals surface area contributed by atoms with E-state index in [-0.39, 0.29) is 0 Å². The third-order valence-electron chi connectivity index (χ3n) is 5.63. The molecule has 4 aromatic carbocycles. The summed E-state index contributed by atoms with van der Waals surface area (Å²) in [4.78, 5) is 2.72. The number of hydrogen-bond acceptors (Lipinski definition) is 4. The summed E-state index contributed by atoms with van der Waals surface area (Å²) in [5.74, 6) is 2.17. The molecule has 0 bridgehead atoms. The molecule has 2 nitrogen and oxygen atoms in total. The molecule has 1 aliphatic rings. The van der Waals surface area contributed by atoms with E-state index >= 15 is 0 Å². The van der Waals surface area contributed by atoms with Gasteiger partial charge in [-0.3, -0.25) is 0 Å². The first-order valence-electron chi connectivity index (χ1n) is 11.0. The number of nitrogens with one attached hydrogen (secondary N) is 2. The fraction of sp³-hybridized carbons (Fsp3) is 0.143. The van der Waals surface area contributed by atoms with E-state index in [1.165, 1.54) is 32.0 Å². The minimum atomic E-state index is 0.811. The summed E-state index contributed by atoms with van der Waals surface area (Å²) in [6.45, 7) is 1.62. The molecule has 0 saturated carbocycles. The normalized spacial score (nSPS) is 14.0. The molecule has 5 rings (SSSR count). The highest BCUT2D eigenvalue weighted by atomic mass is 32.2. The Morgan fingerprint density at radius 3 is 1.38 bits per heavy atom. The first-order valence-corrected chi connectivity index (χ1v) is 12.9. The fourth-order valence-corrected chi connectivity index (χ4v) is 6.12. The zero-order valence-corrected chi connectivity index (χ0v) is 19.5. The number of thioether (sulfide) groups is 2. The Morgan fingerprint density at radius 1 is 0.469 bits per heavy atom. The molecule has 160 valence electrons. The van der Waals surface area contributed by atoms with E-state index in [9.17, 15) is 0 Å². The van der Waals surface area contributed by atoms with E-state index in [0.717, 1.165) is 36.0 Å². The second-order valence-corrected chi connectivity index (χ2v) is 9.98. The number of para-hydroxylation sites is 2. The minimum Gasteiger partial charge on any atom is -0.380 e. The molecule has 0 atom stereocenters. The summed E-state index contributed by atoms with van der Waals surface area (Å²) in [5, 5.41) is 7.42. The molecule has 4 aromatic rings. The van der Waals surface area contributed by atoms with Crippen molar-refractivity contribution < 1.29 is 0 Å². The summed E-state index contributed by atoms with van der Waals surface area (Å²) >= 11 is 3.90. The van der Waals surface area contributed by atoms with Crippen molar-refractivity contribution in [3.63, 3.8) is 0 Å². The van der Waals surface area contributed by atoms with Crippen LogP contribution >= 0.6 is 23.5 Å². The minimum absolute atomic E-state index is 0.811. The van der Waals surface area contributed by atoms with Crippen LogP contribution in [0.2, 0.25) is 0 Å². The quantitative estimate of drug-likeness (QED) is 0.283. The Balaban J connectivity index is 1.56. The van der Waals surface area contributed by atoms with E-state index in [2.05, 4.69) is 108 Å². The van der Waals surface area contributed by atoms with Gasteiger partial charge in [0.25, 0.3) is 0 Å². The Labute approximate surface area is 198 Å². The second-order valence-electron chi connectivity index (χ2n) is 7.71. The molecule has 32 heavy (non-hydrogen) atoms. The number of fused-ring (bicyclic) bond motifs is 5. The number of rotatable bonds is 0. The van der Waals surface area contributed by atoms with Gasteiger partial charge in [-0.2, -0.15) is 0 Å². The van der Waals surface area contributed by atoms with Crippen molar-refractivity contribution in [1.82, 2.24) is 0 Å². The lowest BCUT2D eigenvalue weighted by Gasteiger charge is -2.18. The first kappa shape index (κ1) is 21.0. The van der Waals surface area contributed by atoms with Crippen LogP contribution in [-0.2, 0) is 13.1 Å². The van der Waals surface area contributed by atoms with Crippen molar-refractivity contribution in [2.45, 2.75) is 22.9 Å². The molecule has 0 aliphatic carbocycles. The third-order valence-corrected chi connectivity index (χ3v) is 8.12. The van der Waals surface area contributed by atoms with Gasteiger partial charge >= 0.3 is 0 Å². The van der Waals surface area contributed by atoms with Crippen molar-refractivity contribution in [3.05, 3.63) is 108 Å². The summed E-state index contributed by atoms with van der Waals surface area (Å²) in [7, 11) is 0. The van der Waals surface area contributed by atoms with Crippen molar-refractivity contribution >= 4 is 34.9 Å². The molecule has 0 aromatic heterocycles. The van der Waals surface area contributed by atoms with Crippen LogP contribution in [0.5, 0.6) is 0 Å². The van der Waals surface area contributed by atoms with E-state index in [4.69, 9.17) is 0 Å². The van der Waals surface area contributed by atoms with Crippen LogP contribution in [0, 0.1) is 0 Å². The fourth-order valence-electron chi connectivity index (χ4n) is 4.01. The highest BCUT2D eigenvalue weighted by Crippen LogP contribution is 2.35. The Morgan fingerprint density at radius 2 is 0.875 bits per heavy atom. The molecule has 0 amide bonds. The molecule has 0 fully saturated rings. The maximum absolute atomic E-state index is 3.71. The van der Waals surface area contributed by atoms with Crippen LogP contribution in [0.1, 0.15) is 11.1 Å². The molecular formula is C28H26N2S2. The Hall–Kier alpha value is -2.82. The molecule has 4 heteroatoms. The number of anilines is 2. The van der Waals surface area contributed by atoms with Crippen LogP contribution in [0.4, 0.5) is 11.4 Å². The van der Waals surface area contributed by atoms with Gasteiger partial charge in [0.1, 0.15) is 0 Å². The molecule has 1 heterocycles. The van der Waals surface area contributed by atoms with Crippen LogP contribution in [-0.4, -0.2) is 11.5 Å². The van der Waals surface area contributed by atoms with E-state index in [1.54, 1.807) is 0 Å². The largest absolute Gasteiger partial charge is 0.380 e. The highest BCUT2D eigenvalue weighted by Gasteiger charge is 2.12. The molecule has 0 radical (unpaired) electrons. The molecule has 1 aliphatic heterocycles. The van der Waals surface area contributed by atoms with Gasteiger partial charge in [-0.25, -0.2) is 0 Å². The smallest absolute Gasteiger partial charge is 0.0423 e. The SMILES string of the molecule is c1ccc2c(c1)CNc1ccccc1-c1ccccc1NCc1ccccc1SCCS2. The first-order chi connectivity index (χ1) is 15.9. The van der Waals surface area contributed by atoms with E-state index in [1.807, 2.05) is 23.5 Å². The van der Waals surface area contributed by atoms with Gasteiger partial charge in [-0.1, -0.05) is 72.8 Å². The number of hydrogen-bond donors (Lipinski definition) is 2. The molecular weight excluding hydrogens is 428 g/mol. The molecule has 0 unspecified atom stereocenters. The molecule has 0 spiro atoms. The maximum Gasteiger partial charge on any atom is 0.0423 e. The van der Waals surface area contributed by atoms with E-state index in [0.29, 0.717) is 0 Å². The van der Waals surface area contributed by atoms with E-state index < -0.39 is 0 Å². The Bertz CT molecular complexity index is 1110.